The summed E-state index contributed by atoms with van der Waals surface area (Å²) in [5, 5.41) is 8.43. The summed E-state index contributed by atoms with van der Waals surface area (Å²) in [4.78, 5) is 8.45. The quantitative estimate of drug-likeness (QED) is 0.339. The van der Waals surface area contributed by atoms with Crippen molar-refractivity contribution in [3.8, 4) is 0 Å². The zero-order chi connectivity index (χ0) is 16.1. The number of aromatic nitrogens is 1. The minimum Gasteiger partial charge on any atom is -0.800 e. The third-order valence-corrected chi connectivity index (χ3v) is 4.37. The Hall–Kier alpha value is -0.830. The first-order valence-electron chi connectivity index (χ1n) is 7.45. The van der Waals surface area contributed by atoms with Crippen molar-refractivity contribution in [2.75, 3.05) is 31.1 Å². The van der Waals surface area contributed by atoms with Crippen LogP contribution in [0.5, 0.6) is 0 Å². The van der Waals surface area contributed by atoms with Crippen LogP contribution in [0.2, 0.25) is 0 Å². The summed E-state index contributed by atoms with van der Waals surface area (Å²) in [5.41, 5.74) is 2.82. The number of piperazine rings is 1. The van der Waals surface area contributed by atoms with E-state index in [9.17, 15) is 0 Å². The van der Waals surface area contributed by atoms with Crippen molar-refractivity contribution in [2.24, 2.45) is 10.2 Å². The Labute approximate surface area is 168 Å². The van der Waals surface area contributed by atoms with Crippen LogP contribution in [0, 0.1) is 0 Å². The van der Waals surface area contributed by atoms with Crippen molar-refractivity contribution in [3.63, 3.8) is 0 Å². The molecule has 1 aromatic heterocycles. The molecule has 1 aliphatic heterocycles. The van der Waals surface area contributed by atoms with Crippen LogP contribution in [-0.2, 0) is 47.6 Å². The van der Waals surface area contributed by atoms with E-state index in [1.165, 1.54) is 5.69 Å². The van der Waals surface area contributed by atoms with E-state index in [-0.39, 0.29) is 27.1 Å². The van der Waals surface area contributed by atoms with E-state index in [0.29, 0.717) is 0 Å². The van der Waals surface area contributed by atoms with E-state index < -0.39 is 0 Å². The van der Waals surface area contributed by atoms with Crippen LogP contribution in [0.4, 0.5) is 17.1 Å². The first-order valence-corrected chi connectivity index (χ1v) is 8.39. The van der Waals surface area contributed by atoms with Crippen molar-refractivity contribution in [2.45, 2.75) is 4.71 Å². The number of azo groups is 1. The summed E-state index contributed by atoms with van der Waals surface area (Å²) in [7, 11) is 0. The van der Waals surface area contributed by atoms with Crippen molar-refractivity contribution in [1.82, 2.24) is 9.88 Å². The molecule has 1 fully saturated rings. The van der Waals surface area contributed by atoms with Gasteiger partial charge < -0.3 is 35.1 Å². The second-order valence-electron chi connectivity index (χ2n) is 5.25. The Kier molecular flexibility index (Phi) is 7.80. The summed E-state index contributed by atoms with van der Waals surface area (Å²) in [6.45, 7) is 3.73. The molecule has 0 bridgehead atoms. The Morgan fingerprint density at radius 2 is 1.38 bits per heavy atom. The zero-order valence-electron chi connectivity index (χ0n) is 12.9. The first-order chi connectivity index (χ1) is 11.2. The molecule has 1 aromatic carbocycles. The fraction of sp³-hybridized carbons (Fsp3) is 0.312. The maximum Gasteiger partial charge on any atom is 0.0887 e. The van der Waals surface area contributed by atoms with Crippen LogP contribution in [0.15, 0.2) is 59.0 Å². The summed E-state index contributed by atoms with van der Waals surface area (Å²) in [6.07, 6.45) is 3.40. The average molecular weight is 540 g/mol. The third-order valence-electron chi connectivity index (χ3n) is 3.77. The Bertz CT molecular complexity index is 643. The number of hydrogen-bond donors (Lipinski definition) is 0. The smallest absolute Gasteiger partial charge is 0.0887 e. The van der Waals surface area contributed by atoms with Gasteiger partial charge in [0.25, 0.3) is 0 Å². The van der Waals surface area contributed by atoms with Gasteiger partial charge in [0.15, 0.2) is 0 Å². The van der Waals surface area contributed by atoms with Gasteiger partial charge in [-0.3, -0.25) is 4.98 Å². The Balaban J connectivity index is 0.00000208. The molecule has 8 heteroatoms. The summed E-state index contributed by atoms with van der Waals surface area (Å²) < 4.78 is -0.201. The third kappa shape index (κ3) is 5.34. The molecule has 0 spiro atoms. The van der Waals surface area contributed by atoms with Crippen LogP contribution in [0.25, 0.3) is 0 Å². The summed E-state index contributed by atoms with van der Waals surface area (Å²) in [6, 6.07) is 11.8. The number of pyridine rings is 1. The van der Waals surface area contributed by atoms with E-state index in [2.05, 4.69) is 37.1 Å². The molecule has 0 N–H and O–H groups in total. The zero-order valence-corrected chi connectivity index (χ0v) is 16.7. The topological polar surface area (TPSA) is 44.1 Å². The summed E-state index contributed by atoms with van der Waals surface area (Å²) >= 11 is 10.3. The Morgan fingerprint density at radius 1 is 0.833 bits per heavy atom. The molecular formula is C16H17AuN5S2-2. The molecule has 1 aliphatic rings. The van der Waals surface area contributed by atoms with Gasteiger partial charge in [-0.25, -0.2) is 4.71 Å². The van der Waals surface area contributed by atoms with Crippen LogP contribution >= 0.6 is 0 Å². The predicted octanol–water partition coefficient (Wildman–Crippen LogP) is 2.99. The van der Waals surface area contributed by atoms with Gasteiger partial charge in [0.2, 0.25) is 0 Å². The normalized spacial score (nSPS) is 15.7. The minimum absolute atomic E-state index is 0. The van der Waals surface area contributed by atoms with Crippen molar-refractivity contribution >= 4 is 42.3 Å². The molecule has 3 rings (SSSR count). The maximum absolute atomic E-state index is 5.14. The van der Waals surface area contributed by atoms with Crippen LogP contribution in [0.3, 0.4) is 0 Å². The molecule has 24 heavy (non-hydrogen) atoms. The fourth-order valence-electron chi connectivity index (χ4n) is 2.45. The molecule has 0 saturated carbocycles. The van der Waals surface area contributed by atoms with Gasteiger partial charge in [0.1, 0.15) is 0 Å². The van der Waals surface area contributed by atoms with Gasteiger partial charge in [-0.2, -0.15) is 10.2 Å². The molecule has 2 aromatic rings. The maximum atomic E-state index is 5.14. The molecule has 0 amide bonds. The van der Waals surface area contributed by atoms with Gasteiger partial charge in [0.05, 0.1) is 11.4 Å². The van der Waals surface area contributed by atoms with Gasteiger partial charge in [-0.05, 0) is 36.4 Å². The van der Waals surface area contributed by atoms with E-state index in [4.69, 9.17) is 25.3 Å². The first kappa shape index (κ1) is 19.5. The predicted molar refractivity (Wildman–Crippen MR) is 97.2 cm³/mol. The van der Waals surface area contributed by atoms with E-state index >= 15 is 0 Å². The molecular weight excluding hydrogens is 523 g/mol. The molecule has 0 unspecified atom stereocenters. The van der Waals surface area contributed by atoms with Gasteiger partial charge >= 0.3 is 0 Å². The number of rotatable bonds is 4. The number of benzene rings is 1. The molecule has 5 nitrogen and oxygen atoms in total. The van der Waals surface area contributed by atoms with Crippen LogP contribution < -0.4 is 4.90 Å². The molecule has 131 valence electrons. The van der Waals surface area contributed by atoms with E-state index in [0.717, 1.165) is 37.6 Å². The van der Waals surface area contributed by atoms with Gasteiger partial charge in [0, 0.05) is 66.6 Å². The SMILES string of the molecule is [Au].[S-]C([S-])N1CCN(c2ccc(N=Nc3ccncc3)cc2)CC1. The minimum atomic E-state index is -0.201. The van der Waals surface area contributed by atoms with Crippen molar-refractivity contribution in [1.29, 1.82) is 0 Å². The van der Waals surface area contributed by atoms with E-state index in [1.54, 1.807) is 12.4 Å². The van der Waals surface area contributed by atoms with Gasteiger partial charge in [-0.1, -0.05) is 0 Å². The molecule has 0 atom stereocenters. The second-order valence-corrected chi connectivity index (χ2v) is 6.44. The Morgan fingerprint density at radius 3 is 1.92 bits per heavy atom. The van der Waals surface area contributed by atoms with Crippen molar-refractivity contribution in [3.05, 3.63) is 48.8 Å². The molecule has 0 aliphatic carbocycles. The summed E-state index contributed by atoms with van der Waals surface area (Å²) in [5.74, 6) is 0. The molecule has 1 saturated heterocycles. The van der Waals surface area contributed by atoms with Gasteiger partial charge in [-0.15, -0.1) is 0 Å². The fourth-order valence-corrected chi connectivity index (χ4v) is 2.87. The van der Waals surface area contributed by atoms with Crippen LogP contribution in [-0.4, -0.2) is 40.8 Å². The number of anilines is 1. The van der Waals surface area contributed by atoms with Crippen molar-refractivity contribution < 1.29 is 22.4 Å². The standard InChI is InChI=1S/C16H19N5S2.Au/c22-16(23)21-11-9-20(10-12-21)15-3-1-13(2-4-15)18-19-14-5-7-17-8-6-14;/h1-8,16,22-23H,9-12H2;/p-2. The van der Waals surface area contributed by atoms with Crippen LogP contribution in [0.1, 0.15) is 0 Å². The molecule has 1 radical (unpaired) electrons. The number of hydrogen-bond acceptors (Lipinski definition) is 7. The monoisotopic (exact) mass is 540 g/mol. The van der Waals surface area contributed by atoms with E-state index in [1.807, 2.05) is 24.3 Å². The second kappa shape index (κ2) is 9.60. The largest absolute Gasteiger partial charge is 0.800 e. The average Bonchev–Trinajstić information content (AvgIpc) is 2.61. The molecule has 2 heterocycles. The number of nitrogens with zero attached hydrogens (tertiary/aromatic N) is 5.